The van der Waals surface area contributed by atoms with Crippen LogP contribution in [-0.2, 0) is 25.7 Å². The number of benzene rings is 1. The lowest BCUT2D eigenvalue weighted by Crippen LogP contribution is -2.50. The van der Waals surface area contributed by atoms with Crippen LogP contribution in [0.25, 0.3) is 0 Å². The fourth-order valence-electron chi connectivity index (χ4n) is 5.12. The summed E-state index contributed by atoms with van der Waals surface area (Å²) in [5, 5.41) is 2.93. The number of amides is 4. The van der Waals surface area contributed by atoms with Crippen molar-refractivity contribution in [2.75, 3.05) is 23.5 Å². The number of thioether (sulfide) groups is 1. The molecule has 4 amide bonds. The van der Waals surface area contributed by atoms with Crippen LogP contribution in [-0.4, -0.2) is 53.1 Å². The van der Waals surface area contributed by atoms with Gasteiger partial charge in [-0.15, -0.1) is 0 Å². The number of imide groups is 1. The lowest BCUT2D eigenvalue weighted by Gasteiger charge is -2.26. The van der Waals surface area contributed by atoms with Crippen molar-refractivity contribution in [2.45, 2.75) is 57.5 Å². The van der Waals surface area contributed by atoms with Crippen molar-refractivity contribution in [3.8, 4) is 0 Å². The molecule has 2 heterocycles. The van der Waals surface area contributed by atoms with E-state index in [4.69, 9.17) is 0 Å². The fraction of sp³-hybridized carbons (Fsp3) is 0.583. The van der Waals surface area contributed by atoms with Gasteiger partial charge in [-0.05, 0) is 55.4 Å². The minimum absolute atomic E-state index is 0.142. The van der Waals surface area contributed by atoms with Crippen LogP contribution in [0.2, 0.25) is 0 Å². The molecule has 32 heavy (non-hydrogen) atoms. The van der Waals surface area contributed by atoms with Crippen LogP contribution in [0.3, 0.4) is 0 Å². The summed E-state index contributed by atoms with van der Waals surface area (Å²) in [7, 11) is 0. The molecule has 0 unspecified atom stereocenters. The summed E-state index contributed by atoms with van der Waals surface area (Å²) >= 11 is 1.60. The number of carbonyl (C=O) groups is 4. The van der Waals surface area contributed by atoms with E-state index in [9.17, 15) is 19.2 Å². The van der Waals surface area contributed by atoms with Crippen molar-refractivity contribution in [2.24, 2.45) is 11.8 Å². The summed E-state index contributed by atoms with van der Waals surface area (Å²) < 4.78 is 0. The van der Waals surface area contributed by atoms with Gasteiger partial charge < -0.3 is 10.2 Å². The molecule has 4 rings (SSSR count). The van der Waals surface area contributed by atoms with Gasteiger partial charge in [0.25, 0.3) is 0 Å². The first-order chi connectivity index (χ1) is 15.5. The quantitative estimate of drug-likeness (QED) is 0.607. The van der Waals surface area contributed by atoms with Gasteiger partial charge in [-0.2, -0.15) is 11.8 Å². The third kappa shape index (κ3) is 4.56. The van der Waals surface area contributed by atoms with E-state index >= 15 is 0 Å². The number of hydrogen-bond donors (Lipinski definition) is 1. The summed E-state index contributed by atoms with van der Waals surface area (Å²) in [6.07, 6.45) is 7.30. The predicted octanol–water partition coefficient (Wildman–Crippen LogP) is 2.73. The number of nitrogens with zero attached hydrogens (tertiary/aromatic N) is 2. The number of likely N-dealkylation sites (tertiary alicyclic amines) is 1. The maximum absolute atomic E-state index is 13.1. The van der Waals surface area contributed by atoms with Gasteiger partial charge in [0.05, 0.1) is 11.8 Å². The van der Waals surface area contributed by atoms with Crippen molar-refractivity contribution in [1.82, 2.24) is 10.2 Å². The van der Waals surface area contributed by atoms with Gasteiger partial charge in [-0.3, -0.25) is 24.1 Å². The molecule has 0 radical (unpaired) electrons. The summed E-state index contributed by atoms with van der Waals surface area (Å²) in [6.45, 7) is 1.05. The number of nitrogens with one attached hydrogen (secondary N) is 1. The molecule has 0 aromatic heterocycles. The van der Waals surface area contributed by atoms with Gasteiger partial charge in [0.15, 0.2) is 0 Å². The number of rotatable bonds is 8. The number of anilines is 1. The van der Waals surface area contributed by atoms with E-state index in [0.717, 1.165) is 49.9 Å². The Bertz CT molecular complexity index is 864. The topological polar surface area (TPSA) is 86.8 Å². The van der Waals surface area contributed by atoms with Crippen molar-refractivity contribution < 1.29 is 19.2 Å². The van der Waals surface area contributed by atoms with Crippen molar-refractivity contribution >= 4 is 41.1 Å². The molecule has 1 aromatic carbocycles. The molecule has 7 nitrogen and oxygen atoms in total. The highest BCUT2D eigenvalue weighted by Gasteiger charge is 2.51. The van der Waals surface area contributed by atoms with Crippen LogP contribution in [0.5, 0.6) is 0 Å². The monoisotopic (exact) mass is 457 g/mol. The second-order valence-corrected chi connectivity index (χ2v) is 9.86. The fourth-order valence-corrected chi connectivity index (χ4v) is 5.58. The highest BCUT2D eigenvalue weighted by molar-refractivity contribution is 7.98. The van der Waals surface area contributed by atoms with E-state index < -0.39 is 6.04 Å². The van der Waals surface area contributed by atoms with Gasteiger partial charge in [0, 0.05) is 25.2 Å². The lowest BCUT2D eigenvalue weighted by atomic mass is 9.81. The van der Waals surface area contributed by atoms with Crippen LogP contribution in [0, 0.1) is 11.8 Å². The molecule has 1 aliphatic carbocycles. The van der Waals surface area contributed by atoms with E-state index in [2.05, 4.69) is 5.32 Å². The average Bonchev–Trinajstić information content (AvgIpc) is 3.35. The minimum atomic E-state index is -0.755. The summed E-state index contributed by atoms with van der Waals surface area (Å²) in [6, 6.07) is 6.84. The molecule has 3 atom stereocenters. The van der Waals surface area contributed by atoms with E-state index in [1.807, 2.05) is 30.5 Å². The smallest absolute Gasteiger partial charge is 0.243 e. The second-order valence-electron chi connectivity index (χ2n) is 8.87. The maximum Gasteiger partial charge on any atom is 0.243 e. The van der Waals surface area contributed by atoms with Crippen molar-refractivity contribution in [3.05, 3.63) is 29.8 Å². The Kier molecular flexibility index (Phi) is 7.18. The molecule has 1 saturated carbocycles. The molecule has 1 aromatic rings. The van der Waals surface area contributed by atoms with Gasteiger partial charge >= 0.3 is 0 Å². The zero-order valence-electron chi connectivity index (χ0n) is 18.5. The molecule has 3 fully saturated rings. The van der Waals surface area contributed by atoms with Gasteiger partial charge in [0.1, 0.15) is 6.04 Å². The van der Waals surface area contributed by atoms with E-state index in [1.54, 1.807) is 16.7 Å². The van der Waals surface area contributed by atoms with Crippen LogP contribution in [0.4, 0.5) is 5.69 Å². The largest absolute Gasteiger partial charge is 0.350 e. The standard InChI is InChI=1S/C24H31N3O4S/c1-32-14-12-20(27-23(30)18-5-2-3-6-19(18)24(27)31)22(29)25-15-16-8-10-17(11-9-16)26-13-4-7-21(26)28/h8-11,18-20H,2-7,12-15H2,1H3,(H,25,29)/t18-,19-,20+/m0/s1. The molecule has 8 heteroatoms. The first-order valence-corrected chi connectivity index (χ1v) is 12.9. The Balaban J connectivity index is 1.41. The molecule has 3 aliphatic rings. The third-order valence-electron chi connectivity index (χ3n) is 6.87. The Hall–Kier alpha value is -2.35. The van der Waals surface area contributed by atoms with E-state index in [-0.39, 0.29) is 35.5 Å². The molecule has 1 N–H and O–H groups in total. The summed E-state index contributed by atoms with van der Waals surface area (Å²) in [5.74, 6) is -0.269. The molecule has 2 saturated heterocycles. The molecular formula is C24H31N3O4S. The van der Waals surface area contributed by atoms with Crippen LogP contribution >= 0.6 is 11.8 Å². The Labute approximate surface area is 193 Å². The zero-order chi connectivity index (χ0) is 22.7. The molecule has 2 aliphatic heterocycles. The van der Waals surface area contributed by atoms with Crippen LogP contribution in [0.1, 0.15) is 50.5 Å². The predicted molar refractivity (Wildman–Crippen MR) is 124 cm³/mol. The highest BCUT2D eigenvalue weighted by atomic mass is 32.2. The van der Waals surface area contributed by atoms with Crippen LogP contribution < -0.4 is 10.2 Å². The Morgan fingerprint density at radius 2 is 1.72 bits per heavy atom. The van der Waals surface area contributed by atoms with Gasteiger partial charge in [-0.25, -0.2) is 0 Å². The molecule has 0 spiro atoms. The van der Waals surface area contributed by atoms with Crippen molar-refractivity contribution in [1.29, 1.82) is 0 Å². The highest BCUT2D eigenvalue weighted by Crippen LogP contribution is 2.39. The second kappa shape index (κ2) is 10.1. The Morgan fingerprint density at radius 3 is 2.28 bits per heavy atom. The van der Waals surface area contributed by atoms with E-state index in [1.165, 1.54) is 4.90 Å². The summed E-state index contributed by atoms with van der Waals surface area (Å²) in [4.78, 5) is 54.1. The summed E-state index contributed by atoms with van der Waals surface area (Å²) in [5.41, 5.74) is 1.78. The zero-order valence-corrected chi connectivity index (χ0v) is 19.4. The first-order valence-electron chi connectivity index (χ1n) is 11.5. The number of carbonyl (C=O) groups excluding carboxylic acids is 4. The minimum Gasteiger partial charge on any atom is -0.350 e. The molecular weight excluding hydrogens is 426 g/mol. The van der Waals surface area contributed by atoms with Crippen molar-refractivity contribution in [3.63, 3.8) is 0 Å². The van der Waals surface area contributed by atoms with Crippen LogP contribution in [0.15, 0.2) is 24.3 Å². The SMILES string of the molecule is CSCC[C@H](C(=O)NCc1ccc(N2CCCC2=O)cc1)N1C(=O)[C@H]2CCCC[C@@H]2C1=O. The lowest BCUT2D eigenvalue weighted by molar-refractivity contribution is -0.148. The molecule has 172 valence electrons. The van der Waals surface area contributed by atoms with E-state index in [0.29, 0.717) is 25.1 Å². The Morgan fingerprint density at radius 1 is 1.06 bits per heavy atom. The number of fused-ring (bicyclic) bond motifs is 1. The normalized spacial score (nSPS) is 24.1. The first kappa shape index (κ1) is 22.8. The number of hydrogen-bond acceptors (Lipinski definition) is 5. The molecule has 0 bridgehead atoms. The van der Waals surface area contributed by atoms with Gasteiger partial charge in [-0.1, -0.05) is 25.0 Å². The van der Waals surface area contributed by atoms with Gasteiger partial charge in [0.2, 0.25) is 23.6 Å². The maximum atomic E-state index is 13.1. The average molecular weight is 458 g/mol. The third-order valence-corrected chi connectivity index (χ3v) is 7.52.